The van der Waals surface area contributed by atoms with Gasteiger partial charge in [0, 0.05) is 66.8 Å². The molecule has 258 valence electrons. The van der Waals surface area contributed by atoms with E-state index in [2.05, 4.69) is 4.98 Å². The summed E-state index contributed by atoms with van der Waals surface area (Å²) < 4.78 is 16.0. The van der Waals surface area contributed by atoms with Crippen LogP contribution in [-0.2, 0) is 36.1 Å². The van der Waals surface area contributed by atoms with Crippen LogP contribution in [0.4, 0.5) is 0 Å². The Morgan fingerprint density at radius 3 is 2.47 bits per heavy atom. The molecular formula is C38H33N5O8. The van der Waals surface area contributed by atoms with Gasteiger partial charge in [-0.2, -0.15) is 0 Å². The van der Waals surface area contributed by atoms with Crippen molar-refractivity contribution in [3.05, 3.63) is 126 Å². The summed E-state index contributed by atoms with van der Waals surface area (Å²) in [5.41, 5.74) is 1.51. The fraction of sp³-hybridized carbons (Fsp3) is 0.263. The number of ether oxygens (including phenoxy) is 2. The normalized spacial score (nSPS) is 18.4. The number of aromatic hydroxyl groups is 1. The fourth-order valence-corrected chi connectivity index (χ4v) is 7.88. The Morgan fingerprint density at radius 2 is 1.71 bits per heavy atom. The van der Waals surface area contributed by atoms with E-state index >= 15 is 0 Å². The smallest absolute Gasteiger partial charge is 0.347 e. The summed E-state index contributed by atoms with van der Waals surface area (Å²) in [5.74, 6) is -0.655. The van der Waals surface area contributed by atoms with Gasteiger partial charge in [0.05, 0.1) is 37.8 Å². The van der Waals surface area contributed by atoms with Crippen LogP contribution < -0.4 is 26.4 Å². The number of benzene rings is 3. The molecule has 0 unspecified atom stereocenters. The molecule has 8 rings (SSSR count). The van der Waals surface area contributed by atoms with E-state index in [0.717, 1.165) is 9.95 Å². The number of fused-ring (bicyclic) bond motifs is 5. The highest BCUT2D eigenvalue weighted by atomic mass is 16.5. The monoisotopic (exact) mass is 687 g/mol. The predicted octanol–water partition coefficient (Wildman–Crippen LogP) is 3.24. The number of carbonyl (C=O) groups is 2. The molecule has 0 spiro atoms. The van der Waals surface area contributed by atoms with Crippen LogP contribution in [0.15, 0.2) is 97.4 Å². The zero-order valence-electron chi connectivity index (χ0n) is 28.3. The van der Waals surface area contributed by atoms with E-state index in [9.17, 15) is 29.1 Å². The first-order chi connectivity index (χ1) is 24.5. The van der Waals surface area contributed by atoms with Gasteiger partial charge in [0.15, 0.2) is 23.1 Å². The van der Waals surface area contributed by atoms with Gasteiger partial charge in [-0.15, -0.1) is 0 Å². The van der Waals surface area contributed by atoms with Crippen LogP contribution in [0.3, 0.4) is 0 Å². The Balaban J connectivity index is 1.23. The largest absolute Gasteiger partial charge is 0.508 e. The number of phenolic OH excluding ortho intramolecular Hbond substituents is 1. The number of methoxy groups -OCH3 is 2. The average Bonchev–Trinajstić information content (AvgIpc) is 3.38. The van der Waals surface area contributed by atoms with Gasteiger partial charge in [-0.05, 0) is 35.4 Å². The molecule has 2 aromatic heterocycles. The molecule has 2 aliphatic carbocycles. The highest BCUT2D eigenvalue weighted by Crippen LogP contribution is 2.52. The number of phenols is 1. The second-order valence-electron chi connectivity index (χ2n) is 13.0. The van der Waals surface area contributed by atoms with Crippen molar-refractivity contribution in [3.63, 3.8) is 0 Å². The van der Waals surface area contributed by atoms with Crippen LogP contribution >= 0.6 is 0 Å². The van der Waals surface area contributed by atoms with Crippen molar-refractivity contribution in [2.75, 3.05) is 14.2 Å². The first-order valence-corrected chi connectivity index (χ1v) is 16.5. The van der Waals surface area contributed by atoms with Crippen LogP contribution in [0.1, 0.15) is 36.6 Å². The van der Waals surface area contributed by atoms with Gasteiger partial charge < -0.3 is 19.1 Å². The van der Waals surface area contributed by atoms with Crippen molar-refractivity contribution in [3.8, 4) is 17.2 Å². The lowest BCUT2D eigenvalue weighted by atomic mass is 9.67. The zero-order valence-corrected chi connectivity index (χ0v) is 28.3. The average molecular weight is 688 g/mol. The SMILES string of the molecule is COc1cc2nc(CCn3c(=O)n4n(c3=O)[C@@H]3CC5=C(C(=O)C(C)=CC5=O)[C@@H](c5c(O)ccc6ccccc56)C3=CC4)c(=O)n(C)c2cc1OC. The summed E-state index contributed by atoms with van der Waals surface area (Å²) in [6, 6.07) is 13.3. The second-order valence-corrected chi connectivity index (χ2v) is 13.0. The first kappa shape index (κ1) is 32.0. The van der Waals surface area contributed by atoms with Crippen molar-refractivity contribution in [2.24, 2.45) is 7.05 Å². The quantitative estimate of drug-likeness (QED) is 0.209. The van der Waals surface area contributed by atoms with E-state index in [0.29, 0.717) is 44.6 Å². The number of hydrogen-bond donors (Lipinski definition) is 1. The van der Waals surface area contributed by atoms with Gasteiger partial charge in [-0.25, -0.2) is 28.5 Å². The van der Waals surface area contributed by atoms with E-state index in [1.807, 2.05) is 30.3 Å². The van der Waals surface area contributed by atoms with Crippen molar-refractivity contribution >= 4 is 33.4 Å². The van der Waals surface area contributed by atoms with Gasteiger partial charge in [0.2, 0.25) is 0 Å². The fourth-order valence-electron chi connectivity index (χ4n) is 7.88. The molecule has 5 aromatic rings. The number of ketones is 2. The number of nitrogens with zero attached hydrogens (tertiary/aromatic N) is 5. The molecule has 0 radical (unpaired) electrons. The Bertz CT molecular complexity index is 2670. The van der Waals surface area contributed by atoms with Crippen LogP contribution in [0, 0.1) is 0 Å². The maximum absolute atomic E-state index is 14.2. The number of aryl methyl sites for hydroxylation is 2. The Hall–Kier alpha value is -6.24. The van der Waals surface area contributed by atoms with E-state index in [1.165, 1.54) is 34.2 Å². The highest BCUT2D eigenvalue weighted by Gasteiger charge is 2.46. The van der Waals surface area contributed by atoms with Crippen molar-refractivity contribution in [1.29, 1.82) is 0 Å². The molecule has 0 fully saturated rings. The third-order valence-corrected chi connectivity index (χ3v) is 10.4. The number of allylic oxidation sites excluding steroid dienone is 6. The summed E-state index contributed by atoms with van der Waals surface area (Å²) in [7, 11) is 4.60. The zero-order chi connectivity index (χ0) is 35.9. The predicted molar refractivity (Wildman–Crippen MR) is 188 cm³/mol. The van der Waals surface area contributed by atoms with Crippen molar-refractivity contribution in [2.45, 2.75) is 44.8 Å². The molecule has 3 aliphatic rings. The Labute approximate surface area is 289 Å². The minimum absolute atomic E-state index is 0.0129. The molecule has 1 N–H and O–H groups in total. The van der Waals surface area contributed by atoms with Gasteiger partial charge in [0.1, 0.15) is 11.4 Å². The Kier molecular flexibility index (Phi) is 7.33. The van der Waals surface area contributed by atoms with E-state index in [1.54, 1.807) is 38.2 Å². The minimum atomic E-state index is -0.843. The van der Waals surface area contributed by atoms with Gasteiger partial charge in [0.25, 0.3) is 5.56 Å². The lowest BCUT2D eigenvalue weighted by Gasteiger charge is -2.40. The standard InChI is InChI=1S/C38H33N5O8/c1-19-15-29(45)23-16-26-22(33(34(23)35(19)46)32-21-8-6-5-7-20(21)9-10-28(32)44)11-14-42-37(48)41(38(49)43(26)42)13-12-24-36(47)40(2)27-18-31(51-4)30(50-3)17-25(27)39-24/h5-11,15,17-18,26,33,44H,12-14,16H2,1-4H3/t26-,33-/m1/s1. The molecule has 3 heterocycles. The summed E-state index contributed by atoms with van der Waals surface area (Å²) in [6.45, 7) is 1.49. The van der Waals surface area contributed by atoms with E-state index in [4.69, 9.17) is 9.47 Å². The van der Waals surface area contributed by atoms with Gasteiger partial charge >= 0.3 is 11.4 Å². The number of aromatic nitrogens is 5. The maximum Gasteiger partial charge on any atom is 0.347 e. The molecule has 1 aliphatic heterocycles. The molecule has 13 nitrogen and oxygen atoms in total. The van der Waals surface area contributed by atoms with Crippen LogP contribution in [0.25, 0.3) is 21.8 Å². The molecule has 51 heavy (non-hydrogen) atoms. The van der Waals surface area contributed by atoms with E-state index < -0.39 is 23.3 Å². The summed E-state index contributed by atoms with van der Waals surface area (Å²) >= 11 is 0. The van der Waals surface area contributed by atoms with Crippen LogP contribution in [0.5, 0.6) is 17.2 Å². The van der Waals surface area contributed by atoms with E-state index in [-0.39, 0.29) is 65.6 Å². The van der Waals surface area contributed by atoms with Gasteiger partial charge in [-0.3, -0.25) is 14.4 Å². The lowest BCUT2D eigenvalue weighted by molar-refractivity contribution is -0.116. The van der Waals surface area contributed by atoms with Crippen LogP contribution in [0.2, 0.25) is 0 Å². The molecule has 0 bridgehead atoms. The van der Waals surface area contributed by atoms with Crippen molar-refractivity contribution in [1.82, 2.24) is 23.5 Å². The first-order valence-electron chi connectivity index (χ1n) is 16.5. The number of hydrogen-bond acceptors (Lipinski definition) is 9. The number of Topliss-reactive ketones (excluding diaryl/α,β-unsaturated/α-hetero) is 1. The molecule has 3 aromatic carbocycles. The highest BCUT2D eigenvalue weighted by molar-refractivity contribution is 6.24. The molecule has 2 atom stereocenters. The number of carbonyl (C=O) groups excluding carboxylic acids is 2. The summed E-state index contributed by atoms with van der Waals surface area (Å²) in [4.78, 5) is 73.4. The number of rotatable bonds is 6. The maximum atomic E-state index is 14.2. The Morgan fingerprint density at radius 1 is 0.961 bits per heavy atom. The third-order valence-electron chi connectivity index (χ3n) is 10.4. The lowest BCUT2D eigenvalue weighted by Crippen LogP contribution is -2.41. The third kappa shape index (κ3) is 4.68. The minimum Gasteiger partial charge on any atom is -0.508 e. The molecule has 13 heteroatoms. The molecule has 0 saturated carbocycles. The summed E-state index contributed by atoms with van der Waals surface area (Å²) in [6.07, 6.45) is 3.13. The van der Waals surface area contributed by atoms with Crippen LogP contribution in [-0.4, -0.2) is 54.4 Å². The second kappa shape index (κ2) is 11.7. The molecule has 0 amide bonds. The summed E-state index contributed by atoms with van der Waals surface area (Å²) in [5, 5.41) is 12.9. The topological polar surface area (TPSA) is 157 Å². The van der Waals surface area contributed by atoms with Gasteiger partial charge in [-0.1, -0.05) is 36.4 Å². The molecular weight excluding hydrogens is 654 g/mol. The van der Waals surface area contributed by atoms with Crippen molar-refractivity contribution < 1.29 is 24.2 Å². The molecule has 0 saturated heterocycles.